The number of aliphatic carboxylic acids is 2. The Bertz CT molecular complexity index is 1100. The number of carbonyl (C=O) groups is 4. The van der Waals surface area contributed by atoms with Crippen molar-refractivity contribution in [2.75, 3.05) is 0 Å². The molecule has 0 aliphatic carbocycles. The Hall–Kier alpha value is -1.33. The van der Waals surface area contributed by atoms with Crippen LogP contribution in [0.1, 0.15) is 136 Å². The van der Waals surface area contributed by atoms with Gasteiger partial charge in [-0.05, 0) is 62.8 Å². The number of hydrogen-bond donors (Lipinski definition) is 2. The second-order valence-corrected chi connectivity index (χ2v) is 10.6. The number of carboxylic acids is 2. The fraction of sp³-hybridized carbons (Fsp3) is 0.529. The van der Waals surface area contributed by atoms with E-state index in [0.29, 0.717) is 36.8 Å². The quantitative estimate of drug-likeness (QED) is 0.0998. The van der Waals surface area contributed by atoms with E-state index in [1.165, 1.54) is 12.1 Å². The SMILES string of the molecule is O=C([O-])CCCCCCCCC(=O)c1ccccc1O.O=C([O-])CCCCCCCCCCC(=O)c1ccccc1O.S.[Na+].[Na+]. The molecule has 2 aromatic rings. The zero-order chi connectivity index (χ0) is 31.0. The van der Waals surface area contributed by atoms with Crippen LogP contribution in [0.3, 0.4) is 0 Å². The van der Waals surface area contributed by atoms with E-state index in [-0.39, 0.29) is 109 Å². The Labute approximate surface area is 319 Å². The predicted octanol–water partition coefficient (Wildman–Crippen LogP) is -0.208. The fourth-order valence-electron chi connectivity index (χ4n) is 4.57. The van der Waals surface area contributed by atoms with Gasteiger partial charge < -0.3 is 30.0 Å². The first kappa shape index (κ1) is 48.1. The molecule has 2 aromatic carbocycles. The number of hydrogen-bond acceptors (Lipinski definition) is 8. The van der Waals surface area contributed by atoms with E-state index in [9.17, 15) is 39.6 Å². The third-order valence-electron chi connectivity index (χ3n) is 6.98. The number of aromatic hydroxyl groups is 2. The van der Waals surface area contributed by atoms with Gasteiger partial charge in [-0.3, -0.25) is 9.59 Å². The molecular weight excluding hydrogens is 614 g/mol. The maximum Gasteiger partial charge on any atom is 1.00 e. The monoisotopic (exact) mass is 662 g/mol. The van der Waals surface area contributed by atoms with Crippen LogP contribution >= 0.6 is 13.5 Å². The summed E-state index contributed by atoms with van der Waals surface area (Å²) in [7, 11) is 0. The maximum absolute atomic E-state index is 11.9. The molecule has 2 rings (SSSR count). The number of Topliss-reactive ketones (excluding diaryl/α,β-unsaturated/α-hetero) is 2. The number of carboxylic acid groups (broad SMARTS) is 2. The minimum atomic E-state index is -0.988. The topological polar surface area (TPSA) is 155 Å². The minimum Gasteiger partial charge on any atom is -0.550 e. The van der Waals surface area contributed by atoms with E-state index in [1.54, 1.807) is 36.4 Å². The van der Waals surface area contributed by atoms with Crippen molar-refractivity contribution < 1.29 is 98.7 Å². The molecule has 0 radical (unpaired) electrons. The van der Waals surface area contributed by atoms with Crippen LogP contribution in [-0.4, -0.2) is 33.7 Å². The summed E-state index contributed by atoms with van der Waals surface area (Å²) < 4.78 is 0. The molecule has 11 heteroatoms. The van der Waals surface area contributed by atoms with Gasteiger partial charge in [0.25, 0.3) is 0 Å². The van der Waals surface area contributed by atoms with Gasteiger partial charge in [0, 0.05) is 24.8 Å². The van der Waals surface area contributed by atoms with Gasteiger partial charge in [0.1, 0.15) is 11.5 Å². The molecule has 240 valence electrons. The van der Waals surface area contributed by atoms with E-state index < -0.39 is 11.9 Å². The molecule has 0 fully saturated rings. The van der Waals surface area contributed by atoms with Gasteiger partial charge in [-0.25, -0.2) is 0 Å². The van der Waals surface area contributed by atoms with Crippen LogP contribution < -0.4 is 69.3 Å². The summed E-state index contributed by atoms with van der Waals surface area (Å²) in [5.74, 6) is -1.88. The van der Waals surface area contributed by atoms with Gasteiger partial charge in [-0.1, -0.05) is 88.5 Å². The first-order chi connectivity index (χ1) is 20.2. The first-order valence-electron chi connectivity index (χ1n) is 15.2. The maximum atomic E-state index is 11.9. The average Bonchev–Trinajstić information content (AvgIpc) is 2.95. The van der Waals surface area contributed by atoms with Crippen LogP contribution in [0, 0.1) is 0 Å². The summed E-state index contributed by atoms with van der Waals surface area (Å²) in [5.41, 5.74) is 0.803. The van der Waals surface area contributed by atoms with E-state index in [0.717, 1.165) is 77.0 Å². The van der Waals surface area contributed by atoms with Crippen LogP contribution in [0.4, 0.5) is 0 Å². The van der Waals surface area contributed by atoms with Crippen molar-refractivity contribution in [3.8, 4) is 11.5 Å². The summed E-state index contributed by atoms with van der Waals surface area (Å²) in [4.78, 5) is 44.2. The normalized spacial score (nSPS) is 9.78. The molecule has 45 heavy (non-hydrogen) atoms. The first-order valence-corrected chi connectivity index (χ1v) is 15.2. The summed E-state index contributed by atoms with van der Waals surface area (Å²) in [6, 6.07) is 13.2. The fourth-order valence-corrected chi connectivity index (χ4v) is 4.57. The number of phenols is 2. The van der Waals surface area contributed by atoms with Crippen LogP contribution in [-0.2, 0) is 9.59 Å². The van der Waals surface area contributed by atoms with Crippen molar-refractivity contribution in [1.29, 1.82) is 0 Å². The largest absolute Gasteiger partial charge is 1.00 e. The number of phenolic OH excluding ortho intramolecular Hbond substituents is 2. The summed E-state index contributed by atoms with van der Waals surface area (Å²) in [6.07, 6.45) is 14.4. The molecule has 0 spiro atoms. The van der Waals surface area contributed by atoms with Crippen LogP contribution in [0.5, 0.6) is 11.5 Å². The van der Waals surface area contributed by atoms with Crippen molar-refractivity contribution in [2.24, 2.45) is 0 Å². The predicted molar refractivity (Wildman–Crippen MR) is 168 cm³/mol. The van der Waals surface area contributed by atoms with Gasteiger partial charge in [0.2, 0.25) is 0 Å². The van der Waals surface area contributed by atoms with Crippen molar-refractivity contribution in [3.05, 3.63) is 59.7 Å². The molecule has 0 heterocycles. The van der Waals surface area contributed by atoms with Crippen LogP contribution in [0.25, 0.3) is 0 Å². The summed E-state index contributed by atoms with van der Waals surface area (Å²) in [5, 5.41) is 39.6. The van der Waals surface area contributed by atoms with Crippen LogP contribution in [0.15, 0.2) is 48.5 Å². The Morgan fingerprint density at radius 3 is 0.956 bits per heavy atom. The number of benzene rings is 2. The molecule has 0 saturated heterocycles. The Kier molecular flexibility index (Phi) is 33.4. The zero-order valence-corrected chi connectivity index (χ0v) is 32.2. The number of unbranched alkanes of at least 4 members (excludes halogenated alkanes) is 12. The molecule has 0 aliphatic heterocycles. The Morgan fingerprint density at radius 2 is 0.689 bits per heavy atom. The molecule has 0 atom stereocenters. The van der Waals surface area contributed by atoms with E-state index in [2.05, 4.69) is 0 Å². The van der Waals surface area contributed by atoms with E-state index in [4.69, 9.17) is 0 Å². The van der Waals surface area contributed by atoms with Gasteiger partial charge >= 0.3 is 59.1 Å². The molecule has 0 bridgehead atoms. The standard InChI is InChI=1S/C18H26O4.C16H22O4.2Na.H2S/c19-16(15-11-9-10-13-17(15)20)12-7-5-3-1-2-4-6-8-14-18(21)22;17-14(13-9-7-8-11-15(13)18)10-5-3-1-2-4-6-12-16(19)20;;;/h9-11,13,20H,1-8,12,14H2,(H,21,22);7-9,11,18H,1-6,10,12H2,(H,19,20);;;1H2/q;;2*+1;/p-2. The Balaban J connectivity index is -0.000000738. The molecule has 0 amide bonds. The molecule has 0 unspecified atom stereocenters. The molecule has 8 nitrogen and oxygen atoms in total. The van der Waals surface area contributed by atoms with Gasteiger partial charge in [-0.15, -0.1) is 0 Å². The number of ketones is 2. The summed E-state index contributed by atoms with van der Waals surface area (Å²) >= 11 is 0. The van der Waals surface area contributed by atoms with Crippen molar-refractivity contribution in [3.63, 3.8) is 0 Å². The molecule has 2 N–H and O–H groups in total. The van der Waals surface area contributed by atoms with Crippen molar-refractivity contribution >= 4 is 37.0 Å². The molecule has 0 saturated carbocycles. The number of rotatable bonds is 22. The molecule has 0 aliphatic rings. The molecule has 0 aromatic heterocycles. The zero-order valence-electron chi connectivity index (χ0n) is 27.2. The average molecular weight is 663 g/mol. The van der Waals surface area contributed by atoms with Gasteiger partial charge in [0.15, 0.2) is 11.6 Å². The summed E-state index contributed by atoms with van der Waals surface area (Å²) in [6.45, 7) is 0. The van der Waals surface area contributed by atoms with Crippen LogP contribution in [0.2, 0.25) is 0 Å². The van der Waals surface area contributed by atoms with Crippen molar-refractivity contribution in [1.82, 2.24) is 0 Å². The second kappa shape index (κ2) is 31.3. The second-order valence-electron chi connectivity index (χ2n) is 10.6. The number of para-hydroxylation sites is 2. The van der Waals surface area contributed by atoms with Gasteiger partial charge in [-0.2, -0.15) is 13.5 Å². The van der Waals surface area contributed by atoms with Gasteiger partial charge in [0.05, 0.1) is 11.1 Å². The third kappa shape index (κ3) is 25.4. The smallest absolute Gasteiger partial charge is 0.550 e. The van der Waals surface area contributed by atoms with E-state index in [1.807, 2.05) is 0 Å². The van der Waals surface area contributed by atoms with Crippen molar-refractivity contribution in [2.45, 2.75) is 116 Å². The van der Waals surface area contributed by atoms with E-state index >= 15 is 0 Å². The molecular formula is C34H48Na2O8S. The number of carbonyl (C=O) groups excluding carboxylic acids is 4. The third-order valence-corrected chi connectivity index (χ3v) is 6.98. The Morgan fingerprint density at radius 1 is 0.444 bits per heavy atom. The minimum absolute atomic E-state index is 0.